The number of benzene rings is 3. The zero-order valence-electron chi connectivity index (χ0n) is 33.9. The minimum absolute atomic E-state index is 0. The van der Waals surface area contributed by atoms with Gasteiger partial charge in [0.25, 0.3) is 0 Å². The zero-order valence-corrected chi connectivity index (χ0v) is 33.9. The molecular weight excluding hydrogens is 577 g/mol. The Balaban J connectivity index is -0.000000614. The highest BCUT2D eigenvalue weighted by Gasteiger charge is 2.15. The summed E-state index contributed by atoms with van der Waals surface area (Å²) in [5, 5.41) is 0. The summed E-state index contributed by atoms with van der Waals surface area (Å²) in [6, 6.07) is 0. The Morgan fingerprint density at radius 1 is 0.229 bits per heavy atom. The van der Waals surface area contributed by atoms with E-state index >= 15 is 0 Å². The molecule has 0 nitrogen and oxygen atoms in total. The van der Waals surface area contributed by atoms with E-state index in [-0.39, 0.29) is 22.3 Å². The van der Waals surface area contributed by atoms with Crippen molar-refractivity contribution >= 4 is 0 Å². The third-order valence-electron chi connectivity index (χ3n) is 11.3. The molecule has 3 aromatic rings. The molecule has 0 amide bonds. The highest BCUT2D eigenvalue weighted by Crippen LogP contribution is 2.30. The first kappa shape index (κ1) is 50.0. The summed E-state index contributed by atoms with van der Waals surface area (Å²) >= 11 is 0. The summed E-state index contributed by atoms with van der Waals surface area (Å²) in [4.78, 5) is 0. The molecule has 3 aromatic carbocycles. The first-order valence-electron chi connectivity index (χ1n) is 17.7. The van der Waals surface area contributed by atoms with Crippen LogP contribution in [0.5, 0.6) is 0 Å². The van der Waals surface area contributed by atoms with Crippen LogP contribution < -0.4 is 0 Å². The average Bonchev–Trinajstić information content (AvgIpc) is 2.98. The van der Waals surface area contributed by atoms with E-state index < -0.39 is 0 Å². The van der Waals surface area contributed by atoms with Gasteiger partial charge >= 0.3 is 0 Å². The lowest BCUT2D eigenvalue weighted by Crippen LogP contribution is -2.05. The molecule has 0 radical (unpaired) electrons. The second kappa shape index (κ2) is 21.0. The lowest BCUT2D eigenvalue weighted by molar-refractivity contribution is 0.641. The van der Waals surface area contributed by atoms with E-state index in [0.717, 1.165) is 17.8 Å². The topological polar surface area (TPSA) is 0 Å². The molecule has 0 fully saturated rings. The minimum atomic E-state index is 0. The second-order valence-electron chi connectivity index (χ2n) is 15.6. The zero-order chi connectivity index (χ0) is 35.2. The van der Waals surface area contributed by atoms with Crippen molar-refractivity contribution in [2.24, 2.45) is 17.8 Å². The fourth-order valence-electron chi connectivity index (χ4n) is 6.88. The lowest BCUT2D eigenvalue weighted by atomic mass is 9.86. The molecule has 0 heteroatoms. The number of rotatable bonds is 6. The third-order valence-corrected chi connectivity index (χ3v) is 11.3. The van der Waals surface area contributed by atoms with Crippen LogP contribution in [0.1, 0.15) is 164 Å². The van der Waals surface area contributed by atoms with Crippen molar-refractivity contribution in [3.05, 3.63) is 100 Å². The third kappa shape index (κ3) is 11.9. The van der Waals surface area contributed by atoms with Crippen LogP contribution in [-0.2, 0) is 19.3 Å². The van der Waals surface area contributed by atoms with Gasteiger partial charge in [0.15, 0.2) is 0 Å². The van der Waals surface area contributed by atoms with Crippen LogP contribution in [0.25, 0.3) is 0 Å². The Morgan fingerprint density at radius 3 is 0.438 bits per heavy atom. The minimum Gasteiger partial charge on any atom is -0.0776 e. The summed E-state index contributed by atoms with van der Waals surface area (Å²) in [5.74, 6) is 2.22. The van der Waals surface area contributed by atoms with Gasteiger partial charge in [0.2, 0.25) is 0 Å². The molecule has 0 atom stereocenters. The van der Waals surface area contributed by atoms with Gasteiger partial charge in [-0.1, -0.05) is 63.8 Å². The molecule has 0 aliphatic heterocycles. The Labute approximate surface area is 304 Å². The van der Waals surface area contributed by atoms with Crippen LogP contribution in [-0.4, -0.2) is 0 Å². The molecule has 0 bridgehead atoms. The average molecular weight is 661 g/mol. The maximum Gasteiger partial charge on any atom is -0.0250 e. The molecule has 276 valence electrons. The molecule has 0 N–H and O–H groups in total. The van der Waals surface area contributed by atoms with E-state index in [2.05, 4.69) is 145 Å². The Hall–Kier alpha value is -2.34. The summed E-state index contributed by atoms with van der Waals surface area (Å²) in [5.41, 5.74) is 27.0. The van der Waals surface area contributed by atoms with E-state index in [4.69, 9.17) is 0 Å². The van der Waals surface area contributed by atoms with Gasteiger partial charge in [-0.05, 0) is 241 Å². The van der Waals surface area contributed by atoms with Gasteiger partial charge in [-0.25, -0.2) is 0 Å². The van der Waals surface area contributed by atoms with Crippen LogP contribution in [0.3, 0.4) is 0 Å². The number of hydrogen-bond donors (Lipinski definition) is 0. The summed E-state index contributed by atoms with van der Waals surface area (Å²) in [6.45, 7) is 47.6. The Morgan fingerprint density at radius 2 is 0.333 bits per heavy atom. The number of hydrogen-bond acceptors (Lipinski definition) is 0. The fraction of sp³-hybridized carbons (Fsp3) is 0.625. The molecule has 0 unspecified atom stereocenters. The Kier molecular flexibility index (Phi) is 21.9. The smallest absolute Gasteiger partial charge is 0.0250 e. The van der Waals surface area contributed by atoms with Gasteiger partial charge in [0.05, 0.1) is 0 Å². The van der Waals surface area contributed by atoms with Crippen molar-refractivity contribution in [1.82, 2.24) is 0 Å². The van der Waals surface area contributed by atoms with Crippen LogP contribution >= 0.6 is 0 Å². The van der Waals surface area contributed by atoms with E-state index in [1.54, 1.807) is 16.7 Å². The normalized spacial score (nSPS) is 10.5. The standard InChI is InChI=1S/3C15H24.3CH4/c3*1-9(2)8-15-13(6)11(4)10(3)12(5)14(15)7;;;/h3*9H,8H2,1-7H3;3*1H4. The van der Waals surface area contributed by atoms with Crippen LogP contribution in [0.15, 0.2) is 0 Å². The van der Waals surface area contributed by atoms with Crippen molar-refractivity contribution < 1.29 is 0 Å². The first-order chi connectivity index (χ1) is 20.6. The maximum atomic E-state index is 2.30. The molecule has 48 heavy (non-hydrogen) atoms. The monoisotopic (exact) mass is 661 g/mol. The van der Waals surface area contributed by atoms with Crippen LogP contribution in [0.2, 0.25) is 0 Å². The Bertz CT molecular complexity index is 1200. The largest absolute Gasteiger partial charge is 0.0776 e. The van der Waals surface area contributed by atoms with Crippen molar-refractivity contribution in [3.63, 3.8) is 0 Å². The van der Waals surface area contributed by atoms with Gasteiger partial charge in [-0.15, -0.1) is 0 Å². The van der Waals surface area contributed by atoms with E-state index in [0.29, 0.717) is 0 Å². The lowest BCUT2D eigenvalue weighted by Gasteiger charge is -2.19. The molecule has 0 saturated heterocycles. The van der Waals surface area contributed by atoms with Gasteiger partial charge in [0.1, 0.15) is 0 Å². The highest BCUT2D eigenvalue weighted by atomic mass is 14.2. The first-order valence-corrected chi connectivity index (χ1v) is 17.7. The van der Waals surface area contributed by atoms with E-state index in [9.17, 15) is 0 Å². The molecule has 0 aliphatic carbocycles. The van der Waals surface area contributed by atoms with Crippen LogP contribution in [0, 0.1) is 122 Å². The predicted molar refractivity (Wildman–Crippen MR) is 226 cm³/mol. The van der Waals surface area contributed by atoms with Crippen molar-refractivity contribution in [2.45, 2.75) is 187 Å². The van der Waals surface area contributed by atoms with Crippen molar-refractivity contribution in [1.29, 1.82) is 0 Å². The molecule has 3 rings (SSSR count). The van der Waals surface area contributed by atoms with Crippen molar-refractivity contribution in [3.8, 4) is 0 Å². The maximum absolute atomic E-state index is 2.30. The highest BCUT2D eigenvalue weighted by molar-refractivity contribution is 5.51. The van der Waals surface area contributed by atoms with Crippen LogP contribution in [0.4, 0.5) is 0 Å². The predicted octanol–water partition coefficient (Wildman–Crippen LogP) is 15.2. The molecule has 0 saturated carbocycles. The van der Waals surface area contributed by atoms with Crippen molar-refractivity contribution in [2.75, 3.05) is 0 Å². The van der Waals surface area contributed by atoms with Gasteiger partial charge < -0.3 is 0 Å². The summed E-state index contributed by atoms with van der Waals surface area (Å²) in [7, 11) is 0. The quantitative estimate of drug-likeness (QED) is 0.247. The van der Waals surface area contributed by atoms with Gasteiger partial charge in [-0.3, -0.25) is 0 Å². The van der Waals surface area contributed by atoms with Gasteiger partial charge in [0, 0.05) is 0 Å². The molecule has 0 aromatic heterocycles. The summed E-state index contributed by atoms with van der Waals surface area (Å²) in [6.07, 6.45) is 3.62. The molecule has 0 aliphatic rings. The molecule has 0 heterocycles. The van der Waals surface area contributed by atoms with Gasteiger partial charge in [-0.2, -0.15) is 0 Å². The van der Waals surface area contributed by atoms with E-state index in [1.165, 1.54) is 103 Å². The second-order valence-corrected chi connectivity index (χ2v) is 15.6. The molecule has 0 spiro atoms. The van der Waals surface area contributed by atoms with E-state index in [1.807, 2.05) is 0 Å². The molecular formula is C48H84. The fourth-order valence-corrected chi connectivity index (χ4v) is 6.88. The SMILES string of the molecule is C.C.C.Cc1c(C)c(C)c(CC(C)C)c(C)c1C.Cc1c(C)c(C)c(CC(C)C)c(C)c1C.Cc1c(C)c(C)c(CC(C)C)c(C)c1C. The summed E-state index contributed by atoms with van der Waals surface area (Å²) < 4.78 is 0.